The molecule has 0 N–H and O–H groups in total. The molecule has 0 aromatic rings. The van der Waals surface area contributed by atoms with Crippen LogP contribution in [-0.4, -0.2) is 36.2 Å². The molecule has 0 aliphatic carbocycles. The van der Waals surface area contributed by atoms with Crippen molar-refractivity contribution in [1.29, 1.82) is 0 Å². The van der Waals surface area contributed by atoms with E-state index in [4.69, 9.17) is 0 Å². The molecule has 0 radical (unpaired) electrons. The Kier molecular flexibility index (Phi) is 6.67. The van der Waals surface area contributed by atoms with Crippen molar-refractivity contribution in [2.45, 2.75) is 12.4 Å². The van der Waals surface area contributed by atoms with Gasteiger partial charge in [0.05, 0.1) is 0 Å². The smallest absolute Gasteiger partial charge is 0.447 e. The lowest BCUT2D eigenvalue weighted by atomic mass is 10.7. The van der Waals surface area contributed by atoms with Crippen LogP contribution >= 0.6 is 21.6 Å². The predicted octanol–water partition coefficient (Wildman–Crippen LogP) is 2.49. The minimum atomic E-state index is -5.13. The fraction of sp³-hybridized carbons (Fsp3) is 0.667. The lowest BCUT2D eigenvalue weighted by Crippen LogP contribution is -2.25. The van der Waals surface area contributed by atoms with Gasteiger partial charge in [-0.1, -0.05) is 0 Å². The van der Waals surface area contributed by atoms with Crippen LogP contribution in [0, 0.1) is 0 Å². The van der Waals surface area contributed by atoms with E-state index >= 15 is 0 Å². The zero-order chi connectivity index (χ0) is 14.4. The largest absolute Gasteiger partial charge is 0.490 e. The maximum Gasteiger partial charge on any atom is 0.490 e. The van der Waals surface area contributed by atoms with Gasteiger partial charge in [0.25, 0.3) is 0 Å². The molecular formula is C6H4F6O4S2. The quantitative estimate of drug-likeness (QED) is 0.255. The molecule has 0 saturated heterocycles. The van der Waals surface area contributed by atoms with Crippen molar-refractivity contribution >= 4 is 33.5 Å². The maximum absolute atomic E-state index is 11.6. The van der Waals surface area contributed by atoms with E-state index < -0.39 is 36.2 Å². The van der Waals surface area contributed by atoms with Crippen LogP contribution in [-0.2, 0) is 19.1 Å². The minimum Gasteiger partial charge on any atom is -0.447 e. The van der Waals surface area contributed by atoms with Crippen LogP contribution in [0.1, 0.15) is 0 Å². The Labute approximate surface area is 104 Å². The fourth-order valence-corrected chi connectivity index (χ4v) is 1.53. The Bertz CT molecular complexity index is 271. The SMILES string of the molecule is O=C(OCSSCOC(=O)C(F)(F)F)C(F)(F)F. The second kappa shape index (κ2) is 6.97. The first-order valence-corrected chi connectivity index (χ1v) is 6.26. The van der Waals surface area contributed by atoms with Crippen LogP contribution in [0.4, 0.5) is 26.3 Å². The van der Waals surface area contributed by atoms with Gasteiger partial charge in [-0.15, -0.1) is 0 Å². The second-order valence-corrected chi connectivity index (χ2v) is 4.69. The van der Waals surface area contributed by atoms with Gasteiger partial charge in [-0.05, 0) is 21.6 Å². The van der Waals surface area contributed by atoms with Gasteiger partial charge in [0.15, 0.2) is 0 Å². The van der Waals surface area contributed by atoms with Gasteiger partial charge >= 0.3 is 24.3 Å². The molecule has 0 saturated carbocycles. The van der Waals surface area contributed by atoms with E-state index in [1.807, 2.05) is 0 Å². The van der Waals surface area contributed by atoms with E-state index in [1.165, 1.54) is 0 Å². The summed E-state index contributed by atoms with van der Waals surface area (Å²) >= 11 is 0. The second-order valence-electron chi connectivity index (χ2n) is 2.33. The molecule has 18 heavy (non-hydrogen) atoms. The molecule has 0 aliphatic heterocycles. The van der Waals surface area contributed by atoms with E-state index in [2.05, 4.69) is 9.47 Å². The summed E-state index contributed by atoms with van der Waals surface area (Å²) in [6, 6.07) is 0. The van der Waals surface area contributed by atoms with E-state index in [-0.39, 0.29) is 0 Å². The summed E-state index contributed by atoms with van der Waals surface area (Å²) in [6.07, 6.45) is -10.3. The topological polar surface area (TPSA) is 52.6 Å². The van der Waals surface area contributed by atoms with Crippen LogP contribution in [0.3, 0.4) is 0 Å². The molecule has 0 fully saturated rings. The number of hydrogen-bond acceptors (Lipinski definition) is 6. The summed E-state index contributed by atoms with van der Waals surface area (Å²) in [4.78, 5) is 20.3. The number of carbonyl (C=O) groups excluding carboxylic acids is 2. The molecule has 0 spiro atoms. The Balaban J connectivity index is 3.60. The summed E-state index contributed by atoms with van der Waals surface area (Å²) in [5.74, 6) is -6.31. The molecule has 0 amide bonds. The molecule has 4 nitrogen and oxygen atoms in total. The van der Waals surface area contributed by atoms with E-state index in [0.29, 0.717) is 21.6 Å². The average Bonchev–Trinajstić information content (AvgIpc) is 2.19. The molecule has 0 bridgehead atoms. The van der Waals surface area contributed by atoms with Crippen molar-refractivity contribution in [3.05, 3.63) is 0 Å². The average molecular weight is 318 g/mol. The van der Waals surface area contributed by atoms with Gasteiger partial charge in [-0.25, -0.2) is 9.59 Å². The van der Waals surface area contributed by atoms with Crippen molar-refractivity contribution in [3.63, 3.8) is 0 Å². The molecule has 12 heteroatoms. The number of rotatable bonds is 5. The van der Waals surface area contributed by atoms with Crippen molar-refractivity contribution in [2.75, 3.05) is 11.9 Å². The summed E-state index contributed by atoms with van der Waals surface area (Å²) in [6.45, 7) is 0. The third kappa shape index (κ3) is 7.53. The normalized spacial score (nSPS) is 12.1. The molecule has 0 aliphatic rings. The number of esters is 2. The zero-order valence-corrected chi connectivity index (χ0v) is 9.76. The van der Waals surface area contributed by atoms with Crippen LogP contribution in [0.25, 0.3) is 0 Å². The molecule has 0 heterocycles. The minimum absolute atomic E-state index is 0.479. The first-order valence-electron chi connectivity index (χ1n) is 3.77. The van der Waals surface area contributed by atoms with Gasteiger partial charge < -0.3 is 9.47 Å². The lowest BCUT2D eigenvalue weighted by Gasteiger charge is -2.07. The molecule has 0 aromatic carbocycles. The van der Waals surface area contributed by atoms with Crippen LogP contribution in [0.5, 0.6) is 0 Å². The van der Waals surface area contributed by atoms with Crippen molar-refractivity contribution in [3.8, 4) is 0 Å². The van der Waals surface area contributed by atoms with Crippen LogP contribution < -0.4 is 0 Å². The maximum atomic E-state index is 11.6. The fourth-order valence-electron chi connectivity index (χ4n) is 0.387. The van der Waals surface area contributed by atoms with Gasteiger partial charge in [0, 0.05) is 0 Å². The molecule has 106 valence electrons. The van der Waals surface area contributed by atoms with Crippen molar-refractivity contribution in [1.82, 2.24) is 0 Å². The van der Waals surface area contributed by atoms with E-state index in [1.54, 1.807) is 0 Å². The molecule has 0 rings (SSSR count). The third-order valence-corrected chi connectivity index (χ3v) is 2.69. The first kappa shape index (κ1) is 17.2. The van der Waals surface area contributed by atoms with Crippen LogP contribution in [0.15, 0.2) is 0 Å². The van der Waals surface area contributed by atoms with Gasteiger partial charge in [0.2, 0.25) is 0 Å². The Morgan fingerprint density at radius 3 is 1.28 bits per heavy atom. The molecule has 0 atom stereocenters. The first-order chi connectivity index (χ1) is 8.05. The predicted molar refractivity (Wildman–Crippen MR) is 49.2 cm³/mol. The van der Waals surface area contributed by atoms with Gasteiger partial charge in [0.1, 0.15) is 11.9 Å². The van der Waals surface area contributed by atoms with E-state index in [0.717, 1.165) is 0 Å². The third-order valence-electron chi connectivity index (χ3n) is 1.02. The monoisotopic (exact) mass is 318 g/mol. The zero-order valence-electron chi connectivity index (χ0n) is 8.13. The Hall–Kier alpha value is -0.780. The summed E-state index contributed by atoms with van der Waals surface area (Å²) in [7, 11) is 0.959. The number of hydrogen-bond donors (Lipinski definition) is 0. The molecule has 0 aromatic heterocycles. The molecule has 0 unspecified atom stereocenters. The Morgan fingerprint density at radius 1 is 0.778 bits per heavy atom. The number of carbonyl (C=O) groups is 2. The summed E-state index contributed by atoms with van der Waals surface area (Å²) < 4.78 is 76.9. The number of alkyl halides is 6. The summed E-state index contributed by atoms with van der Waals surface area (Å²) in [5.41, 5.74) is 0. The highest BCUT2D eigenvalue weighted by molar-refractivity contribution is 8.76. The lowest BCUT2D eigenvalue weighted by molar-refractivity contribution is -0.197. The highest BCUT2D eigenvalue weighted by Gasteiger charge is 2.41. The van der Waals surface area contributed by atoms with Crippen molar-refractivity contribution in [2.24, 2.45) is 0 Å². The molecular weight excluding hydrogens is 314 g/mol. The van der Waals surface area contributed by atoms with Crippen LogP contribution in [0.2, 0.25) is 0 Å². The summed E-state index contributed by atoms with van der Waals surface area (Å²) in [5, 5.41) is 0. The van der Waals surface area contributed by atoms with E-state index in [9.17, 15) is 35.9 Å². The van der Waals surface area contributed by atoms with Crippen molar-refractivity contribution < 1.29 is 45.4 Å². The highest BCUT2D eigenvalue weighted by Crippen LogP contribution is 2.25. The number of halogens is 6. The van der Waals surface area contributed by atoms with Gasteiger partial charge in [-0.3, -0.25) is 0 Å². The Morgan fingerprint density at radius 2 is 1.06 bits per heavy atom. The highest BCUT2D eigenvalue weighted by atomic mass is 33.1. The number of ether oxygens (including phenoxy) is 2. The standard InChI is InChI=1S/C6H4F6O4S2/c7-5(8,9)3(13)15-1-17-18-2-16-4(14)6(10,11)12/h1-2H2. The van der Waals surface area contributed by atoms with Gasteiger partial charge in [-0.2, -0.15) is 26.3 Å².